The standard InChI is InChI=1S/C17H17FN2/c18-14-4-6-15(7-5-14)20-9-8-13-11-19-10-12-2-1-3-16(20)17(12)13/h1-7,13,19H,8-11H2. The molecule has 3 heteroatoms. The molecule has 1 atom stereocenters. The highest BCUT2D eigenvalue weighted by atomic mass is 19.1. The van der Waals surface area contributed by atoms with E-state index < -0.39 is 0 Å². The molecule has 102 valence electrons. The third-order valence-electron chi connectivity index (χ3n) is 4.42. The van der Waals surface area contributed by atoms with Crippen LogP contribution in [0, 0.1) is 5.82 Å². The fourth-order valence-electron chi connectivity index (χ4n) is 3.48. The Morgan fingerprint density at radius 1 is 1.10 bits per heavy atom. The van der Waals surface area contributed by atoms with Gasteiger partial charge >= 0.3 is 0 Å². The second-order valence-corrected chi connectivity index (χ2v) is 5.59. The second-order valence-electron chi connectivity index (χ2n) is 5.59. The molecule has 1 N–H and O–H groups in total. The van der Waals surface area contributed by atoms with Gasteiger partial charge in [-0.3, -0.25) is 0 Å². The van der Waals surface area contributed by atoms with Gasteiger partial charge in [-0.1, -0.05) is 12.1 Å². The Morgan fingerprint density at radius 2 is 1.95 bits per heavy atom. The molecule has 2 aliphatic heterocycles. The van der Waals surface area contributed by atoms with Gasteiger partial charge < -0.3 is 10.2 Å². The summed E-state index contributed by atoms with van der Waals surface area (Å²) in [6, 6.07) is 13.4. The molecule has 0 saturated heterocycles. The minimum absolute atomic E-state index is 0.178. The van der Waals surface area contributed by atoms with Gasteiger partial charge in [-0.25, -0.2) is 4.39 Å². The zero-order chi connectivity index (χ0) is 13.5. The van der Waals surface area contributed by atoms with E-state index in [0.29, 0.717) is 5.92 Å². The van der Waals surface area contributed by atoms with Crippen LogP contribution in [0.2, 0.25) is 0 Å². The monoisotopic (exact) mass is 268 g/mol. The van der Waals surface area contributed by atoms with Crippen LogP contribution in [0.5, 0.6) is 0 Å². The van der Waals surface area contributed by atoms with Gasteiger partial charge in [0.15, 0.2) is 0 Å². The lowest BCUT2D eigenvalue weighted by Crippen LogP contribution is -2.36. The number of hydrogen-bond acceptors (Lipinski definition) is 2. The second kappa shape index (κ2) is 4.60. The summed E-state index contributed by atoms with van der Waals surface area (Å²) >= 11 is 0. The Bertz CT molecular complexity index is 636. The molecule has 0 fully saturated rings. The average molecular weight is 268 g/mol. The molecule has 0 saturated carbocycles. The number of nitrogens with one attached hydrogen (secondary N) is 1. The van der Waals surface area contributed by atoms with E-state index in [-0.39, 0.29) is 5.82 Å². The summed E-state index contributed by atoms with van der Waals surface area (Å²) in [5.74, 6) is 0.439. The molecule has 0 aliphatic carbocycles. The van der Waals surface area contributed by atoms with Crippen LogP contribution in [0.15, 0.2) is 42.5 Å². The van der Waals surface area contributed by atoms with Crippen LogP contribution in [0.25, 0.3) is 0 Å². The predicted octanol–water partition coefficient (Wildman–Crippen LogP) is 3.55. The van der Waals surface area contributed by atoms with E-state index in [1.165, 1.54) is 16.8 Å². The highest BCUT2D eigenvalue weighted by molar-refractivity contribution is 5.70. The van der Waals surface area contributed by atoms with Crippen molar-refractivity contribution in [3.63, 3.8) is 0 Å². The van der Waals surface area contributed by atoms with Crippen molar-refractivity contribution in [1.29, 1.82) is 0 Å². The van der Waals surface area contributed by atoms with Gasteiger partial charge in [0.05, 0.1) is 0 Å². The summed E-state index contributed by atoms with van der Waals surface area (Å²) in [6.45, 7) is 3.02. The third kappa shape index (κ3) is 1.81. The van der Waals surface area contributed by atoms with E-state index >= 15 is 0 Å². The lowest BCUT2D eigenvalue weighted by atomic mass is 9.83. The molecule has 0 bridgehead atoms. The quantitative estimate of drug-likeness (QED) is 0.851. The summed E-state index contributed by atoms with van der Waals surface area (Å²) in [5, 5.41) is 3.50. The van der Waals surface area contributed by atoms with Crippen LogP contribution in [-0.2, 0) is 6.54 Å². The first-order valence-corrected chi connectivity index (χ1v) is 7.18. The molecule has 2 heterocycles. The van der Waals surface area contributed by atoms with Gasteiger partial charge in [-0.15, -0.1) is 0 Å². The SMILES string of the molecule is Fc1ccc(N2CCC3CNCc4cccc2c43)cc1. The van der Waals surface area contributed by atoms with Crippen LogP contribution in [0.1, 0.15) is 23.5 Å². The summed E-state index contributed by atoms with van der Waals surface area (Å²) < 4.78 is 13.1. The maximum atomic E-state index is 13.1. The van der Waals surface area contributed by atoms with Crippen LogP contribution in [-0.4, -0.2) is 13.1 Å². The van der Waals surface area contributed by atoms with Crippen molar-refractivity contribution in [3.05, 3.63) is 59.4 Å². The molecule has 4 rings (SSSR count). The van der Waals surface area contributed by atoms with Crippen LogP contribution < -0.4 is 10.2 Å². The van der Waals surface area contributed by atoms with Crippen molar-refractivity contribution in [2.24, 2.45) is 0 Å². The van der Waals surface area contributed by atoms with Crippen LogP contribution >= 0.6 is 0 Å². The van der Waals surface area contributed by atoms with Gasteiger partial charge in [0, 0.05) is 36.9 Å². The fraction of sp³-hybridized carbons (Fsp3) is 0.294. The first-order valence-electron chi connectivity index (χ1n) is 7.18. The maximum Gasteiger partial charge on any atom is 0.123 e. The number of benzene rings is 2. The largest absolute Gasteiger partial charge is 0.341 e. The predicted molar refractivity (Wildman–Crippen MR) is 78.9 cm³/mol. The summed E-state index contributed by atoms with van der Waals surface area (Å²) in [7, 11) is 0. The Morgan fingerprint density at radius 3 is 2.80 bits per heavy atom. The Labute approximate surface area is 118 Å². The van der Waals surface area contributed by atoms with Crippen molar-refractivity contribution in [3.8, 4) is 0 Å². The van der Waals surface area contributed by atoms with Crippen molar-refractivity contribution in [1.82, 2.24) is 5.32 Å². The van der Waals surface area contributed by atoms with Gasteiger partial charge in [0.1, 0.15) is 5.82 Å². The molecule has 1 unspecified atom stereocenters. The van der Waals surface area contributed by atoms with Gasteiger partial charge in [-0.05, 0) is 47.9 Å². The van der Waals surface area contributed by atoms with E-state index in [2.05, 4.69) is 28.4 Å². The number of rotatable bonds is 1. The topological polar surface area (TPSA) is 15.3 Å². The van der Waals surface area contributed by atoms with E-state index in [0.717, 1.165) is 31.7 Å². The lowest BCUT2D eigenvalue weighted by molar-refractivity contribution is 0.502. The first kappa shape index (κ1) is 11.9. The van der Waals surface area contributed by atoms with Crippen molar-refractivity contribution in [2.45, 2.75) is 18.9 Å². The molecule has 20 heavy (non-hydrogen) atoms. The molecule has 2 nitrogen and oxygen atoms in total. The first-order chi connectivity index (χ1) is 9.83. The maximum absolute atomic E-state index is 13.1. The number of anilines is 2. The van der Waals surface area contributed by atoms with Crippen LogP contribution in [0.3, 0.4) is 0 Å². The minimum Gasteiger partial charge on any atom is -0.341 e. The number of nitrogens with zero attached hydrogens (tertiary/aromatic N) is 1. The molecule has 0 amide bonds. The smallest absolute Gasteiger partial charge is 0.123 e. The Balaban J connectivity index is 1.82. The zero-order valence-corrected chi connectivity index (χ0v) is 11.3. The molecule has 2 aromatic rings. The fourth-order valence-corrected chi connectivity index (χ4v) is 3.48. The average Bonchev–Trinajstić information content (AvgIpc) is 2.49. The van der Waals surface area contributed by atoms with Crippen molar-refractivity contribution >= 4 is 11.4 Å². The van der Waals surface area contributed by atoms with Gasteiger partial charge in [-0.2, -0.15) is 0 Å². The van der Waals surface area contributed by atoms with Gasteiger partial charge in [0.25, 0.3) is 0 Å². The van der Waals surface area contributed by atoms with E-state index in [4.69, 9.17) is 0 Å². The van der Waals surface area contributed by atoms with E-state index in [9.17, 15) is 4.39 Å². The molecule has 0 aromatic heterocycles. The molecule has 2 aliphatic rings. The zero-order valence-electron chi connectivity index (χ0n) is 11.3. The molecule has 0 spiro atoms. The highest BCUT2D eigenvalue weighted by Crippen LogP contribution is 2.42. The molecule has 0 radical (unpaired) electrons. The molecular formula is C17H17FN2. The summed E-state index contributed by atoms with van der Waals surface area (Å²) in [4.78, 5) is 2.32. The Kier molecular flexibility index (Phi) is 2.74. The van der Waals surface area contributed by atoms with Crippen LogP contribution in [0.4, 0.5) is 15.8 Å². The van der Waals surface area contributed by atoms with Gasteiger partial charge in [0.2, 0.25) is 0 Å². The van der Waals surface area contributed by atoms with Crippen molar-refractivity contribution < 1.29 is 4.39 Å². The van der Waals surface area contributed by atoms with Crippen molar-refractivity contribution in [2.75, 3.05) is 18.0 Å². The normalized spacial score (nSPS) is 20.6. The molecular weight excluding hydrogens is 251 g/mol. The number of hydrogen-bond donors (Lipinski definition) is 1. The molecule has 2 aromatic carbocycles. The minimum atomic E-state index is -0.178. The lowest BCUT2D eigenvalue weighted by Gasteiger charge is -2.39. The number of halogens is 1. The van der Waals surface area contributed by atoms with E-state index in [1.807, 2.05) is 12.1 Å². The third-order valence-corrected chi connectivity index (χ3v) is 4.42. The summed E-state index contributed by atoms with van der Waals surface area (Å²) in [6.07, 6.45) is 1.15. The Hall–Kier alpha value is -1.87. The summed E-state index contributed by atoms with van der Waals surface area (Å²) in [5.41, 5.74) is 5.27. The van der Waals surface area contributed by atoms with E-state index in [1.54, 1.807) is 12.1 Å². The highest BCUT2D eigenvalue weighted by Gasteiger charge is 2.30.